The van der Waals surface area contributed by atoms with E-state index in [2.05, 4.69) is 39.0 Å². The van der Waals surface area contributed by atoms with Gasteiger partial charge in [0, 0.05) is 47.4 Å². The molecule has 2 aromatic rings. The molecule has 0 spiro atoms. The van der Waals surface area contributed by atoms with Gasteiger partial charge in [-0.05, 0) is 76.5 Å². The fraction of sp³-hybridized carbons (Fsp3) is 0.440. The van der Waals surface area contributed by atoms with Crippen molar-refractivity contribution >= 4 is 39.0 Å². The molecule has 32 heavy (non-hydrogen) atoms. The maximum atomic E-state index is 12.9. The number of carbonyl (C=O) groups excluding carboxylic acids is 1. The number of likely N-dealkylation sites (tertiary alicyclic amines) is 1. The molecule has 1 amide bonds. The number of rotatable bonds is 2. The molecule has 0 atom stereocenters. The van der Waals surface area contributed by atoms with E-state index in [1.165, 1.54) is 27.8 Å². The summed E-state index contributed by atoms with van der Waals surface area (Å²) in [7, 11) is 0. The van der Waals surface area contributed by atoms with E-state index in [0.29, 0.717) is 6.54 Å². The lowest BCUT2D eigenvalue weighted by molar-refractivity contribution is -0.133. The Balaban J connectivity index is 1.42. The van der Waals surface area contributed by atoms with Gasteiger partial charge in [-0.2, -0.15) is 0 Å². The molecule has 0 bridgehead atoms. The molecule has 5 rings (SSSR count). The van der Waals surface area contributed by atoms with Crippen molar-refractivity contribution in [2.45, 2.75) is 25.7 Å². The van der Waals surface area contributed by atoms with Crippen molar-refractivity contribution in [2.24, 2.45) is 0 Å². The van der Waals surface area contributed by atoms with Gasteiger partial charge in [-0.25, -0.2) is 0 Å². The number of aryl methyl sites for hydroxylation is 2. The first-order valence-corrected chi connectivity index (χ1v) is 12.5. The number of amides is 1. The first-order valence-electron chi connectivity index (χ1n) is 11.3. The number of aromatic nitrogens is 1. The lowest BCUT2D eigenvalue weighted by atomic mass is 9.88. The number of carbonyl (C=O) groups is 1. The average molecular weight is 517 g/mol. The van der Waals surface area contributed by atoms with Crippen LogP contribution < -0.4 is 0 Å². The summed E-state index contributed by atoms with van der Waals surface area (Å²) in [5.74, 6) is 0.228. The molecular weight excluding hydrogens is 490 g/mol. The van der Waals surface area contributed by atoms with Crippen molar-refractivity contribution in [3.63, 3.8) is 0 Å². The van der Waals surface area contributed by atoms with E-state index in [0.717, 1.165) is 80.3 Å². The quantitative estimate of drug-likeness (QED) is 0.595. The third-order valence-corrected chi connectivity index (χ3v) is 7.37. The lowest BCUT2D eigenvalue weighted by Crippen LogP contribution is -2.46. The van der Waals surface area contributed by atoms with E-state index in [4.69, 9.17) is 21.3 Å². The zero-order valence-electron chi connectivity index (χ0n) is 18.1. The summed E-state index contributed by atoms with van der Waals surface area (Å²) in [5.41, 5.74) is 7.50. The number of halogens is 2. The summed E-state index contributed by atoms with van der Waals surface area (Å²) in [6, 6.07) is 8.41. The predicted molar refractivity (Wildman–Crippen MR) is 130 cm³/mol. The van der Waals surface area contributed by atoms with E-state index in [-0.39, 0.29) is 5.91 Å². The molecule has 0 saturated carbocycles. The Bertz CT molecular complexity index is 1000. The maximum Gasteiger partial charge on any atom is 0.236 e. The van der Waals surface area contributed by atoms with Crippen molar-refractivity contribution in [3.8, 4) is 0 Å². The first-order chi connectivity index (χ1) is 15.6. The molecule has 7 heteroatoms. The third kappa shape index (κ3) is 4.65. The highest BCUT2D eigenvalue weighted by atomic mass is 79.9. The molecule has 0 unspecified atom stereocenters. The number of benzene rings is 1. The molecule has 1 aromatic heterocycles. The van der Waals surface area contributed by atoms with Gasteiger partial charge in [-0.15, -0.1) is 0 Å². The zero-order valence-corrected chi connectivity index (χ0v) is 20.4. The first kappa shape index (κ1) is 22.1. The molecule has 2 aliphatic heterocycles. The summed E-state index contributed by atoms with van der Waals surface area (Å²) in [5, 5.41) is 0.775. The van der Waals surface area contributed by atoms with Crippen LogP contribution in [0.15, 0.2) is 40.5 Å². The summed E-state index contributed by atoms with van der Waals surface area (Å²) in [6.45, 7) is 5.13. The third-order valence-electron chi connectivity index (χ3n) is 6.71. The lowest BCUT2D eigenvalue weighted by Gasteiger charge is -2.33. The van der Waals surface area contributed by atoms with Gasteiger partial charge in [0.05, 0.1) is 25.5 Å². The molecule has 3 heterocycles. The van der Waals surface area contributed by atoms with Crippen LogP contribution in [0.5, 0.6) is 0 Å². The van der Waals surface area contributed by atoms with Crippen LogP contribution in [0.1, 0.15) is 35.2 Å². The van der Waals surface area contributed by atoms with Crippen molar-refractivity contribution in [1.29, 1.82) is 0 Å². The fourth-order valence-corrected chi connectivity index (χ4v) is 5.56. The number of hydrogen-bond acceptors (Lipinski definition) is 4. The Hall–Kier alpha value is -1.73. The van der Waals surface area contributed by atoms with Crippen molar-refractivity contribution in [3.05, 3.63) is 67.9 Å². The number of morpholine rings is 1. The van der Waals surface area contributed by atoms with Crippen LogP contribution in [0.25, 0.3) is 5.57 Å². The van der Waals surface area contributed by atoms with Crippen LogP contribution >= 0.6 is 27.5 Å². The fourth-order valence-electron chi connectivity index (χ4n) is 4.99. The number of piperidine rings is 1. The molecule has 2 fully saturated rings. The van der Waals surface area contributed by atoms with E-state index >= 15 is 0 Å². The highest BCUT2D eigenvalue weighted by Crippen LogP contribution is 2.39. The van der Waals surface area contributed by atoms with Crippen LogP contribution in [-0.2, 0) is 22.4 Å². The SMILES string of the molecule is O=C(CN1CCOCC1)N1CCC(=C2c3ccc(Cl)cc3CCc3cc(Br)cnc32)CC1. The van der Waals surface area contributed by atoms with Gasteiger partial charge in [-0.3, -0.25) is 14.7 Å². The monoisotopic (exact) mass is 515 g/mol. The van der Waals surface area contributed by atoms with Crippen molar-refractivity contribution in [1.82, 2.24) is 14.8 Å². The number of pyridine rings is 1. The molecule has 0 N–H and O–H groups in total. The largest absolute Gasteiger partial charge is 0.379 e. The van der Waals surface area contributed by atoms with Crippen molar-refractivity contribution < 1.29 is 9.53 Å². The minimum absolute atomic E-state index is 0.228. The Labute approximate surface area is 202 Å². The van der Waals surface area contributed by atoms with Gasteiger partial charge >= 0.3 is 0 Å². The van der Waals surface area contributed by atoms with Crippen LogP contribution in [0.4, 0.5) is 0 Å². The van der Waals surface area contributed by atoms with Gasteiger partial charge in [0.25, 0.3) is 0 Å². The number of hydrogen-bond donors (Lipinski definition) is 0. The Morgan fingerprint density at radius 3 is 2.56 bits per heavy atom. The minimum atomic E-state index is 0.228. The second kappa shape index (κ2) is 9.64. The molecule has 5 nitrogen and oxygen atoms in total. The van der Waals surface area contributed by atoms with Gasteiger partial charge in [0.15, 0.2) is 0 Å². The van der Waals surface area contributed by atoms with E-state index in [9.17, 15) is 4.79 Å². The van der Waals surface area contributed by atoms with Gasteiger partial charge in [-0.1, -0.05) is 23.2 Å². The molecule has 0 radical (unpaired) electrons. The smallest absolute Gasteiger partial charge is 0.236 e. The van der Waals surface area contributed by atoms with Crippen LogP contribution in [0, 0.1) is 0 Å². The summed E-state index contributed by atoms with van der Waals surface area (Å²) < 4.78 is 6.41. The topological polar surface area (TPSA) is 45.7 Å². The Morgan fingerprint density at radius 1 is 1.03 bits per heavy atom. The Morgan fingerprint density at radius 2 is 1.78 bits per heavy atom. The average Bonchev–Trinajstić information content (AvgIpc) is 2.96. The van der Waals surface area contributed by atoms with Crippen LogP contribution in [0.2, 0.25) is 5.02 Å². The molecule has 1 aromatic carbocycles. The molecule has 168 valence electrons. The van der Waals surface area contributed by atoms with E-state index in [1.54, 1.807) is 0 Å². The van der Waals surface area contributed by atoms with E-state index in [1.807, 2.05) is 17.2 Å². The normalized spacial score (nSPS) is 19.4. The number of fused-ring (bicyclic) bond motifs is 2. The van der Waals surface area contributed by atoms with Gasteiger partial charge < -0.3 is 9.64 Å². The molecular formula is C25H27BrClN3O2. The summed E-state index contributed by atoms with van der Waals surface area (Å²) in [4.78, 5) is 21.9. The highest BCUT2D eigenvalue weighted by Gasteiger charge is 2.27. The second-order valence-corrected chi connectivity index (χ2v) is 10.1. The second-order valence-electron chi connectivity index (χ2n) is 8.71. The molecule has 2 saturated heterocycles. The highest BCUT2D eigenvalue weighted by molar-refractivity contribution is 9.10. The predicted octanol–water partition coefficient (Wildman–Crippen LogP) is 4.35. The van der Waals surface area contributed by atoms with Gasteiger partial charge in [0.2, 0.25) is 5.91 Å². The summed E-state index contributed by atoms with van der Waals surface area (Å²) >= 11 is 9.93. The van der Waals surface area contributed by atoms with Crippen molar-refractivity contribution in [2.75, 3.05) is 45.9 Å². The minimum Gasteiger partial charge on any atom is -0.379 e. The molecule has 3 aliphatic rings. The summed E-state index contributed by atoms with van der Waals surface area (Å²) in [6.07, 6.45) is 5.53. The van der Waals surface area contributed by atoms with Gasteiger partial charge in [0.1, 0.15) is 0 Å². The standard InChI is InChI=1S/C25H27BrClN3O2/c26-20-13-19-2-1-18-14-21(27)3-4-22(18)24(25(19)28-15-20)17-5-7-30(8-6-17)23(31)16-29-9-11-32-12-10-29/h3-4,13-15H,1-2,5-12,16H2. The number of ether oxygens (including phenoxy) is 1. The molecule has 1 aliphatic carbocycles. The van der Waals surface area contributed by atoms with Crippen LogP contribution in [-0.4, -0.2) is 66.6 Å². The zero-order chi connectivity index (χ0) is 22.1. The number of nitrogens with zero attached hydrogens (tertiary/aromatic N) is 3. The van der Waals surface area contributed by atoms with Crippen LogP contribution in [0.3, 0.4) is 0 Å². The maximum absolute atomic E-state index is 12.9. The Kier molecular flexibility index (Phi) is 6.65. The van der Waals surface area contributed by atoms with E-state index < -0.39 is 0 Å².